The highest BCUT2D eigenvalue weighted by Crippen LogP contribution is 2.18. The van der Waals surface area contributed by atoms with Crippen LogP contribution in [0.2, 0.25) is 0 Å². The second-order valence-electron chi connectivity index (χ2n) is 5.60. The summed E-state index contributed by atoms with van der Waals surface area (Å²) in [5.41, 5.74) is 0. The van der Waals surface area contributed by atoms with Gasteiger partial charge in [0.25, 0.3) is 5.91 Å². The van der Waals surface area contributed by atoms with Gasteiger partial charge in [0.15, 0.2) is 0 Å². The largest absolute Gasteiger partial charge is 0.469 e. The van der Waals surface area contributed by atoms with E-state index in [4.69, 9.17) is 9.47 Å². The van der Waals surface area contributed by atoms with Gasteiger partial charge in [-0.15, -0.1) is 0 Å². The van der Waals surface area contributed by atoms with Gasteiger partial charge < -0.3 is 19.1 Å². The van der Waals surface area contributed by atoms with E-state index in [2.05, 4.69) is 4.74 Å². The fraction of sp³-hybridized carbons (Fsp3) is 0.867. The number of ether oxygens (including phenoxy) is 3. The molecule has 2 rings (SSSR count). The third-order valence-corrected chi connectivity index (χ3v) is 4.03. The Balaban J connectivity index is 1.91. The molecule has 0 aromatic rings. The zero-order valence-electron chi connectivity index (χ0n) is 12.7. The van der Waals surface area contributed by atoms with Crippen LogP contribution in [0.25, 0.3) is 0 Å². The minimum absolute atomic E-state index is 0.0193. The number of rotatable bonds is 6. The van der Waals surface area contributed by atoms with Crippen molar-refractivity contribution in [3.05, 3.63) is 0 Å². The normalized spacial score (nSPS) is 25.6. The van der Waals surface area contributed by atoms with Gasteiger partial charge in [-0.25, -0.2) is 0 Å². The second kappa shape index (κ2) is 8.34. The molecule has 6 nitrogen and oxygen atoms in total. The molecule has 2 fully saturated rings. The van der Waals surface area contributed by atoms with Gasteiger partial charge in [0.05, 0.1) is 19.6 Å². The molecule has 2 unspecified atom stereocenters. The highest BCUT2D eigenvalue weighted by molar-refractivity contribution is 5.81. The van der Waals surface area contributed by atoms with Crippen molar-refractivity contribution in [1.82, 2.24) is 4.90 Å². The minimum atomic E-state index is -0.363. The highest BCUT2D eigenvalue weighted by atomic mass is 16.5. The topological polar surface area (TPSA) is 65.1 Å². The third kappa shape index (κ3) is 4.97. The molecule has 2 atom stereocenters. The molecule has 0 N–H and O–H groups in total. The Kier molecular flexibility index (Phi) is 6.45. The van der Waals surface area contributed by atoms with Gasteiger partial charge >= 0.3 is 5.97 Å². The van der Waals surface area contributed by atoms with Crippen LogP contribution in [0.5, 0.6) is 0 Å². The molecule has 2 aliphatic rings. The summed E-state index contributed by atoms with van der Waals surface area (Å²) in [6.45, 7) is 2.30. The van der Waals surface area contributed by atoms with Crippen LogP contribution in [0.3, 0.4) is 0 Å². The van der Waals surface area contributed by atoms with Crippen molar-refractivity contribution in [3.8, 4) is 0 Å². The molecule has 0 saturated carbocycles. The van der Waals surface area contributed by atoms with E-state index >= 15 is 0 Å². The standard InChI is InChI=1S/C15H25NO5/c1-19-14(17)7-8-16(11-12-5-4-10-20-12)15(18)13-6-2-3-9-21-13/h12-13H,2-11H2,1H3. The van der Waals surface area contributed by atoms with E-state index in [0.717, 1.165) is 38.7 Å². The van der Waals surface area contributed by atoms with Crippen LogP contribution in [-0.4, -0.2) is 62.4 Å². The Morgan fingerprint density at radius 3 is 2.57 bits per heavy atom. The number of hydrogen-bond donors (Lipinski definition) is 0. The van der Waals surface area contributed by atoms with E-state index in [0.29, 0.717) is 19.7 Å². The second-order valence-corrected chi connectivity index (χ2v) is 5.60. The number of esters is 1. The zero-order valence-corrected chi connectivity index (χ0v) is 12.7. The van der Waals surface area contributed by atoms with Crippen molar-refractivity contribution < 1.29 is 23.8 Å². The summed E-state index contributed by atoms with van der Waals surface area (Å²) < 4.78 is 15.8. The Morgan fingerprint density at radius 2 is 1.95 bits per heavy atom. The van der Waals surface area contributed by atoms with Crippen LogP contribution in [0.4, 0.5) is 0 Å². The molecule has 0 aromatic heterocycles. The molecule has 120 valence electrons. The maximum Gasteiger partial charge on any atom is 0.307 e. The summed E-state index contributed by atoms with van der Waals surface area (Å²) in [6.07, 6.45) is 4.71. The van der Waals surface area contributed by atoms with Crippen molar-refractivity contribution >= 4 is 11.9 Å². The van der Waals surface area contributed by atoms with Crippen molar-refractivity contribution in [3.63, 3.8) is 0 Å². The van der Waals surface area contributed by atoms with E-state index < -0.39 is 0 Å². The molecule has 6 heteroatoms. The first-order valence-corrected chi connectivity index (χ1v) is 7.79. The fourth-order valence-electron chi connectivity index (χ4n) is 2.79. The Hall–Kier alpha value is -1.14. The summed E-state index contributed by atoms with van der Waals surface area (Å²) >= 11 is 0. The van der Waals surface area contributed by atoms with Gasteiger partial charge in [-0.05, 0) is 32.1 Å². The molecule has 0 bridgehead atoms. The molecule has 2 heterocycles. The third-order valence-electron chi connectivity index (χ3n) is 4.03. The first-order chi connectivity index (χ1) is 10.2. The Labute approximate surface area is 125 Å². The van der Waals surface area contributed by atoms with Gasteiger partial charge in [-0.2, -0.15) is 0 Å². The minimum Gasteiger partial charge on any atom is -0.469 e. The first-order valence-electron chi connectivity index (χ1n) is 7.79. The summed E-state index contributed by atoms with van der Waals surface area (Å²) in [5, 5.41) is 0. The Bertz CT molecular complexity index is 348. The number of amides is 1. The lowest BCUT2D eigenvalue weighted by Crippen LogP contribution is -2.46. The van der Waals surface area contributed by atoms with E-state index in [1.807, 2.05) is 0 Å². The van der Waals surface area contributed by atoms with Crippen molar-refractivity contribution in [2.45, 2.75) is 50.7 Å². The molecule has 0 spiro atoms. The van der Waals surface area contributed by atoms with Crippen LogP contribution in [-0.2, 0) is 23.8 Å². The van der Waals surface area contributed by atoms with Crippen molar-refractivity contribution in [2.24, 2.45) is 0 Å². The van der Waals surface area contributed by atoms with Gasteiger partial charge in [-0.1, -0.05) is 0 Å². The van der Waals surface area contributed by atoms with Crippen molar-refractivity contribution in [1.29, 1.82) is 0 Å². The van der Waals surface area contributed by atoms with E-state index in [1.54, 1.807) is 4.90 Å². The average molecular weight is 299 g/mol. The lowest BCUT2D eigenvalue weighted by molar-refractivity contribution is -0.149. The predicted molar refractivity (Wildman–Crippen MR) is 75.8 cm³/mol. The van der Waals surface area contributed by atoms with Crippen molar-refractivity contribution in [2.75, 3.05) is 33.4 Å². The summed E-state index contributed by atoms with van der Waals surface area (Å²) in [4.78, 5) is 25.6. The van der Waals surface area contributed by atoms with Gasteiger partial charge in [-0.3, -0.25) is 9.59 Å². The average Bonchev–Trinajstić information content (AvgIpc) is 3.04. The van der Waals surface area contributed by atoms with Gasteiger partial charge in [0, 0.05) is 26.3 Å². The molecular formula is C15H25NO5. The van der Waals surface area contributed by atoms with E-state index in [-0.39, 0.29) is 30.5 Å². The van der Waals surface area contributed by atoms with Gasteiger partial charge in [0.1, 0.15) is 6.10 Å². The number of methoxy groups -OCH3 is 1. The van der Waals surface area contributed by atoms with Crippen LogP contribution in [0.1, 0.15) is 38.5 Å². The molecular weight excluding hydrogens is 274 g/mol. The number of carbonyl (C=O) groups excluding carboxylic acids is 2. The fourth-order valence-corrected chi connectivity index (χ4v) is 2.79. The number of nitrogens with zero attached hydrogens (tertiary/aromatic N) is 1. The molecule has 0 aliphatic carbocycles. The quantitative estimate of drug-likeness (QED) is 0.688. The summed E-state index contributed by atoms with van der Waals surface area (Å²) in [7, 11) is 1.36. The molecule has 21 heavy (non-hydrogen) atoms. The number of hydrogen-bond acceptors (Lipinski definition) is 5. The molecule has 0 aromatic carbocycles. The predicted octanol–water partition coefficient (Wildman–Crippen LogP) is 1.13. The Morgan fingerprint density at radius 1 is 1.14 bits per heavy atom. The summed E-state index contributed by atoms with van der Waals surface area (Å²) in [5.74, 6) is -0.321. The molecule has 0 radical (unpaired) electrons. The summed E-state index contributed by atoms with van der Waals surface area (Å²) in [6, 6.07) is 0. The zero-order chi connectivity index (χ0) is 15.1. The van der Waals surface area contributed by atoms with E-state index in [1.165, 1.54) is 7.11 Å². The van der Waals surface area contributed by atoms with Gasteiger partial charge in [0.2, 0.25) is 0 Å². The smallest absolute Gasteiger partial charge is 0.307 e. The van der Waals surface area contributed by atoms with E-state index in [9.17, 15) is 9.59 Å². The highest BCUT2D eigenvalue weighted by Gasteiger charge is 2.29. The first kappa shape index (κ1) is 16.2. The van der Waals surface area contributed by atoms with Crippen LogP contribution in [0, 0.1) is 0 Å². The maximum atomic E-state index is 12.6. The molecule has 2 aliphatic heterocycles. The monoisotopic (exact) mass is 299 g/mol. The SMILES string of the molecule is COC(=O)CCN(CC1CCCO1)C(=O)C1CCCCO1. The molecule has 2 saturated heterocycles. The lowest BCUT2D eigenvalue weighted by atomic mass is 10.1. The maximum absolute atomic E-state index is 12.6. The molecule has 1 amide bonds. The number of carbonyl (C=O) groups is 2. The lowest BCUT2D eigenvalue weighted by Gasteiger charge is -2.30. The van der Waals surface area contributed by atoms with Crippen LogP contribution >= 0.6 is 0 Å². The van der Waals surface area contributed by atoms with Crippen LogP contribution < -0.4 is 0 Å². The van der Waals surface area contributed by atoms with Crippen LogP contribution in [0.15, 0.2) is 0 Å².